The van der Waals surface area contributed by atoms with E-state index in [1.165, 1.54) is 7.05 Å². The predicted molar refractivity (Wildman–Crippen MR) is 125 cm³/mol. The van der Waals surface area contributed by atoms with Gasteiger partial charge in [0.15, 0.2) is 0 Å². The van der Waals surface area contributed by atoms with Crippen molar-refractivity contribution in [3.05, 3.63) is 71.5 Å². The standard InChI is InChI=1S/C24H25ClN4O4/c1-28(24(31)32)22(17-5-9-19(25)10-6-17)23(30)27-20-11-7-16(8-12-20)18-14-26-29(15-18)21-4-2-3-13-33-21/h5-12,14-15,21-22H,2-4,13H2,1H3,(H,27,30)(H,31,32)/t21?,22-/m1/s1. The normalized spacial score (nSPS) is 16.7. The lowest BCUT2D eigenvalue weighted by Crippen LogP contribution is -2.37. The van der Waals surface area contributed by atoms with Crippen LogP contribution < -0.4 is 5.32 Å². The summed E-state index contributed by atoms with van der Waals surface area (Å²) >= 11 is 5.94. The number of hydrogen-bond acceptors (Lipinski definition) is 4. The summed E-state index contributed by atoms with van der Waals surface area (Å²) < 4.78 is 7.63. The van der Waals surface area contributed by atoms with Crippen molar-refractivity contribution in [2.75, 3.05) is 19.0 Å². The van der Waals surface area contributed by atoms with E-state index < -0.39 is 18.0 Å². The summed E-state index contributed by atoms with van der Waals surface area (Å²) in [7, 11) is 1.36. The molecule has 9 heteroatoms. The first-order valence-corrected chi connectivity index (χ1v) is 11.1. The number of rotatable bonds is 6. The molecule has 4 rings (SSSR count). The molecule has 1 aliphatic heterocycles. The molecule has 1 fully saturated rings. The van der Waals surface area contributed by atoms with Gasteiger partial charge in [-0.3, -0.25) is 9.69 Å². The molecule has 2 aromatic carbocycles. The Morgan fingerprint density at radius 2 is 1.88 bits per heavy atom. The number of ether oxygens (including phenoxy) is 1. The Kier molecular flexibility index (Phi) is 6.96. The molecule has 1 aliphatic rings. The number of amides is 2. The minimum absolute atomic E-state index is 0.0258. The van der Waals surface area contributed by atoms with Crippen molar-refractivity contribution in [2.24, 2.45) is 0 Å². The van der Waals surface area contributed by atoms with Gasteiger partial charge in [0, 0.05) is 36.1 Å². The topological polar surface area (TPSA) is 96.7 Å². The molecule has 2 N–H and O–H groups in total. The number of nitrogens with zero attached hydrogens (tertiary/aromatic N) is 3. The summed E-state index contributed by atoms with van der Waals surface area (Å²) in [5, 5.41) is 17.2. The second kappa shape index (κ2) is 10.1. The zero-order chi connectivity index (χ0) is 23.4. The Balaban J connectivity index is 1.48. The number of carboxylic acid groups (broad SMARTS) is 1. The summed E-state index contributed by atoms with van der Waals surface area (Å²) in [5.74, 6) is -0.461. The summed E-state index contributed by atoms with van der Waals surface area (Å²) in [6, 6.07) is 12.8. The maximum atomic E-state index is 13.0. The van der Waals surface area contributed by atoms with Crippen LogP contribution >= 0.6 is 11.6 Å². The zero-order valence-corrected chi connectivity index (χ0v) is 18.9. The second-order valence-corrected chi connectivity index (χ2v) is 8.38. The average Bonchev–Trinajstić information content (AvgIpc) is 3.32. The van der Waals surface area contributed by atoms with Crippen molar-refractivity contribution in [3.8, 4) is 11.1 Å². The van der Waals surface area contributed by atoms with Gasteiger partial charge in [-0.15, -0.1) is 0 Å². The predicted octanol–water partition coefficient (Wildman–Crippen LogP) is 5.19. The van der Waals surface area contributed by atoms with Crippen molar-refractivity contribution in [1.29, 1.82) is 0 Å². The minimum atomic E-state index is -1.21. The van der Waals surface area contributed by atoms with Gasteiger partial charge in [-0.05, 0) is 54.7 Å². The molecule has 33 heavy (non-hydrogen) atoms. The SMILES string of the molecule is CN(C(=O)O)[C@@H](C(=O)Nc1ccc(-c2cnn(C3CCCCO3)c2)cc1)c1ccc(Cl)cc1. The average molecular weight is 469 g/mol. The van der Waals surface area contributed by atoms with Gasteiger partial charge in [0.1, 0.15) is 12.3 Å². The highest BCUT2D eigenvalue weighted by Crippen LogP contribution is 2.27. The number of nitrogens with one attached hydrogen (secondary N) is 1. The van der Waals surface area contributed by atoms with Crippen molar-refractivity contribution in [3.63, 3.8) is 0 Å². The fourth-order valence-electron chi connectivity index (χ4n) is 3.84. The van der Waals surface area contributed by atoms with E-state index in [2.05, 4.69) is 10.4 Å². The van der Waals surface area contributed by atoms with Gasteiger partial charge in [0.05, 0.1) is 6.20 Å². The van der Waals surface area contributed by atoms with E-state index in [0.717, 1.165) is 41.9 Å². The number of carbonyl (C=O) groups is 2. The monoisotopic (exact) mass is 468 g/mol. The van der Waals surface area contributed by atoms with E-state index in [9.17, 15) is 14.7 Å². The zero-order valence-electron chi connectivity index (χ0n) is 18.1. The van der Waals surface area contributed by atoms with Crippen LogP contribution in [0.2, 0.25) is 5.02 Å². The van der Waals surface area contributed by atoms with Gasteiger partial charge in [0.25, 0.3) is 5.91 Å². The molecule has 0 bridgehead atoms. The van der Waals surface area contributed by atoms with E-state index in [0.29, 0.717) is 16.3 Å². The Bertz CT molecular complexity index is 1110. The maximum Gasteiger partial charge on any atom is 0.407 e. The molecule has 1 saturated heterocycles. The molecule has 1 unspecified atom stereocenters. The van der Waals surface area contributed by atoms with Crippen molar-refractivity contribution in [1.82, 2.24) is 14.7 Å². The number of likely N-dealkylation sites (N-methyl/N-ethyl adjacent to an activating group) is 1. The summed E-state index contributed by atoms with van der Waals surface area (Å²) in [5.41, 5.74) is 2.99. The molecule has 3 aromatic rings. The van der Waals surface area contributed by atoms with Gasteiger partial charge < -0.3 is 15.2 Å². The number of anilines is 1. The molecule has 2 heterocycles. The third-order valence-corrected chi connectivity index (χ3v) is 5.91. The molecule has 2 amide bonds. The molecule has 1 aromatic heterocycles. The minimum Gasteiger partial charge on any atom is -0.465 e. The molecule has 0 saturated carbocycles. The third-order valence-electron chi connectivity index (χ3n) is 5.66. The molecular formula is C24H25ClN4O4. The van der Waals surface area contributed by atoms with Gasteiger partial charge >= 0.3 is 6.09 Å². The number of aromatic nitrogens is 2. The van der Waals surface area contributed by atoms with E-state index in [-0.39, 0.29) is 6.23 Å². The molecular weight excluding hydrogens is 444 g/mol. The lowest BCUT2D eigenvalue weighted by molar-refractivity contribution is -0.120. The highest BCUT2D eigenvalue weighted by atomic mass is 35.5. The van der Waals surface area contributed by atoms with Crippen LogP contribution in [0, 0.1) is 0 Å². The van der Waals surface area contributed by atoms with Crippen LogP contribution in [0.25, 0.3) is 11.1 Å². The highest BCUT2D eigenvalue weighted by molar-refractivity contribution is 6.30. The van der Waals surface area contributed by atoms with Crippen LogP contribution in [0.15, 0.2) is 60.9 Å². The van der Waals surface area contributed by atoms with E-state index >= 15 is 0 Å². The fraction of sp³-hybridized carbons (Fsp3) is 0.292. The van der Waals surface area contributed by atoms with E-state index in [1.807, 2.05) is 23.0 Å². The van der Waals surface area contributed by atoms with Crippen LogP contribution in [-0.4, -0.2) is 45.4 Å². The lowest BCUT2D eigenvalue weighted by Gasteiger charge is -2.25. The third kappa shape index (κ3) is 5.35. The maximum absolute atomic E-state index is 13.0. The van der Waals surface area contributed by atoms with Crippen LogP contribution in [0.5, 0.6) is 0 Å². The number of hydrogen-bond donors (Lipinski definition) is 2. The Morgan fingerprint density at radius 1 is 1.15 bits per heavy atom. The van der Waals surface area contributed by atoms with Gasteiger partial charge in [-0.1, -0.05) is 35.9 Å². The number of halogens is 1. The number of benzene rings is 2. The van der Waals surface area contributed by atoms with Gasteiger partial charge in [0.2, 0.25) is 0 Å². The van der Waals surface area contributed by atoms with Crippen LogP contribution in [-0.2, 0) is 9.53 Å². The molecule has 8 nitrogen and oxygen atoms in total. The second-order valence-electron chi connectivity index (χ2n) is 7.94. The Labute approximate surface area is 196 Å². The Hall–Kier alpha value is -3.36. The first-order chi connectivity index (χ1) is 15.9. The van der Waals surface area contributed by atoms with Crippen LogP contribution in [0.1, 0.15) is 37.1 Å². The molecule has 0 aliphatic carbocycles. The molecule has 172 valence electrons. The van der Waals surface area contributed by atoms with E-state index in [1.54, 1.807) is 42.6 Å². The van der Waals surface area contributed by atoms with Gasteiger partial charge in [-0.2, -0.15) is 5.10 Å². The van der Waals surface area contributed by atoms with Gasteiger partial charge in [-0.25, -0.2) is 9.48 Å². The summed E-state index contributed by atoms with van der Waals surface area (Å²) in [4.78, 5) is 25.5. The van der Waals surface area contributed by atoms with Crippen molar-refractivity contribution < 1.29 is 19.4 Å². The first-order valence-electron chi connectivity index (χ1n) is 10.7. The van der Waals surface area contributed by atoms with E-state index in [4.69, 9.17) is 16.3 Å². The van der Waals surface area contributed by atoms with Crippen molar-refractivity contribution >= 4 is 29.3 Å². The van der Waals surface area contributed by atoms with Crippen molar-refractivity contribution in [2.45, 2.75) is 31.5 Å². The molecule has 0 radical (unpaired) electrons. The smallest absolute Gasteiger partial charge is 0.407 e. The van der Waals surface area contributed by atoms with Crippen LogP contribution in [0.3, 0.4) is 0 Å². The number of carbonyl (C=O) groups excluding carboxylic acids is 1. The molecule has 2 atom stereocenters. The molecule has 0 spiro atoms. The lowest BCUT2D eigenvalue weighted by atomic mass is 10.0. The quantitative estimate of drug-likeness (QED) is 0.518. The van der Waals surface area contributed by atoms with Crippen LogP contribution in [0.4, 0.5) is 10.5 Å². The summed E-state index contributed by atoms with van der Waals surface area (Å²) in [6.45, 7) is 0.752. The largest absolute Gasteiger partial charge is 0.465 e. The highest BCUT2D eigenvalue weighted by Gasteiger charge is 2.28. The summed E-state index contributed by atoms with van der Waals surface area (Å²) in [6.07, 6.45) is 5.68. The fourth-order valence-corrected chi connectivity index (χ4v) is 3.97. The first kappa shape index (κ1) is 22.8. The Morgan fingerprint density at radius 3 is 2.52 bits per heavy atom.